The second-order valence-electron chi connectivity index (χ2n) is 5.18. The molecular formula is C15H21N3. The standard InChI is InChI=1S/C15H21N3/c1-18-11-12(14-4-2-3-5-15(14)18)6-9-17-13-7-8-16-10-13/h2-5,11,13,16-17H,6-10H2,1H3. The van der Waals surface area contributed by atoms with Gasteiger partial charge < -0.3 is 15.2 Å². The number of nitrogens with zero attached hydrogens (tertiary/aromatic N) is 1. The maximum atomic E-state index is 3.63. The number of nitrogens with one attached hydrogen (secondary N) is 2. The van der Waals surface area contributed by atoms with Gasteiger partial charge in [-0.2, -0.15) is 0 Å². The molecule has 0 spiro atoms. The molecule has 96 valence electrons. The molecular weight excluding hydrogens is 222 g/mol. The highest BCUT2D eigenvalue weighted by Crippen LogP contribution is 2.20. The summed E-state index contributed by atoms with van der Waals surface area (Å²) < 4.78 is 2.22. The Bertz CT molecular complexity index is 524. The van der Waals surface area contributed by atoms with E-state index in [2.05, 4.69) is 52.7 Å². The van der Waals surface area contributed by atoms with Gasteiger partial charge in [-0.25, -0.2) is 0 Å². The van der Waals surface area contributed by atoms with Gasteiger partial charge in [0.15, 0.2) is 0 Å². The number of hydrogen-bond donors (Lipinski definition) is 2. The van der Waals surface area contributed by atoms with E-state index in [1.165, 1.54) is 22.9 Å². The van der Waals surface area contributed by atoms with Gasteiger partial charge in [0.1, 0.15) is 0 Å². The molecule has 1 aliphatic rings. The minimum atomic E-state index is 0.667. The molecule has 1 fully saturated rings. The zero-order valence-electron chi connectivity index (χ0n) is 10.9. The summed E-state index contributed by atoms with van der Waals surface area (Å²) in [6, 6.07) is 9.31. The van der Waals surface area contributed by atoms with Gasteiger partial charge in [-0.05, 0) is 37.6 Å². The topological polar surface area (TPSA) is 29.0 Å². The normalized spacial score (nSPS) is 19.7. The molecule has 2 N–H and O–H groups in total. The fourth-order valence-corrected chi connectivity index (χ4v) is 2.86. The number of fused-ring (bicyclic) bond motifs is 1. The number of aromatic nitrogens is 1. The van der Waals surface area contributed by atoms with Crippen LogP contribution >= 0.6 is 0 Å². The Balaban J connectivity index is 1.67. The molecule has 0 aliphatic carbocycles. The van der Waals surface area contributed by atoms with Crippen molar-refractivity contribution in [3.05, 3.63) is 36.0 Å². The zero-order valence-corrected chi connectivity index (χ0v) is 10.9. The highest BCUT2D eigenvalue weighted by atomic mass is 15.0. The monoisotopic (exact) mass is 243 g/mol. The van der Waals surface area contributed by atoms with Crippen molar-refractivity contribution in [1.29, 1.82) is 0 Å². The van der Waals surface area contributed by atoms with Crippen LogP contribution in [0.5, 0.6) is 0 Å². The van der Waals surface area contributed by atoms with Crippen molar-refractivity contribution in [3.63, 3.8) is 0 Å². The highest BCUT2D eigenvalue weighted by molar-refractivity contribution is 5.83. The lowest BCUT2D eigenvalue weighted by molar-refractivity contribution is 0.550. The molecule has 3 heteroatoms. The Labute approximate surface area is 108 Å². The Morgan fingerprint density at radius 1 is 1.39 bits per heavy atom. The fraction of sp³-hybridized carbons (Fsp3) is 0.467. The molecule has 18 heavy (non-hydrogen) atoms. The summed E-state index contributed by atoms with van der Waals surface area (Å²) in [7, 11) is 2.13. The highest BCUT2D eigenvalue weighted by Gasteiger charge is 2.13. The summed E-state index contributed by atoms with van der Waals surface area (Å²) in [6.07, 6.45) is 4.63. The van der Waals surface area contributed by atoms with Gasteiger partial charge >= 0.3 is 0 Å². The first-order valence-corrected chi connectivity index (χ1v) is 6.81. The van der Waals surface area contributed by atoms with Gasteiger partial charge in [-0.15, -0.1) is 0 Å². The Morgan fingerprint density at radius 3 is 3.11 bits per heavy atom. The van der Waals surface area contributed by atoms with E-state index in [0.717, 1.165) is 26.1 Å². The molecule has 1 saturated heterocycles. The molecule has 2 heterocycles. The van der Waals surface area contributed by atoms with Gasteiger partial charge in [0.25, 0.3) is 0 Å². The predicted octanol–water partition coefficient (Wildman–Crippen LogP) is 1.67. The molecule has 0 bridgehead atoms. The molecule has 1 unspecified atom stereocenters. The summed E-state index contributed by atoms with van der Waals surface area (Å²) >= 11 is 0. The summed E-state index contributed by atoms with van der Waals surface area (Å²) in [5.74, 6) is 0. The molecule has 1 atom stereocenters. The smallest absolute Gasteiger partial charge is 0.0480 e. The lowest BCUT2D eigenvalue weighted by Gasteiger charge is -2.10. The van der Waals surface area contributed by atoms with E-state index < -0.39 is 0 Å². The van der Waals surface area contributed by atoms with E-state index in [9.17, 15) is 0 Å². The lowest BCUT2D eigenvalue weighted by Crippen LogP contribution is -2.32. The summed E-state index contributed by atoms with van der Waals surface area (Å²) in [5.41, 5.74) is 2.78. The number of rotatable bonds is 4. The minimum Gasteiger partial charge on any atom is -0.350 e. The van der Waals surface area contributed by atoms with Gasteiger partial charge in [-0.3, -0.25) is 0 Å². The average molecular weight is 243 g/mol. The van der Waals surface area contributed by atoms with E-state index in [1.807, 2.05) is 0 Å². The third-order valence-electron chi connectivity index (χ3n) is 3.87. The number of benzene rings is 1. The molecule has 0 saturated carbocycles. The predicted molar refractivity (Wildman–Crippen MR) is 75.9 cm³/mol. The van der Waals surface area contributed by atoms with Crippen molar-refractivity contribution < 1.29 is 0 Å². The number of aryl methyl sites for hydroxylation is 1. The van der Waals surface area contributed by atoms with Crippen LogP contribution < -0.4 is 10.6 Å². The molecule has 1 aliphatic heterocycles. The second kappa shape index (κ2) is 5.12. The summed E-state index contributed by atoms with van der Waals surface area (Å²) in [4.78, 5) is 0. The number of para-hydroxylation sites is 1. The van der Waals surface area contributed by atoms with Crippen molar-refractivity contribution in [2.45, 2.75) is 18.9 Å². The van der Waals surface area contributed by atoms with Gasteiger partial charge in [0.05, 0.1) is 0 Å². The van der Waals surface area contributed by atoms with Crippen molar-refractivity contribution in [2.75, 3.05) is 19.6 Å². The van der Waals surface area contributed by atoms with Crippen LogP contribution in [-0.2, 0) is 13.5 Å². The maximum Gasteiger partial charge on any atom is 0.0480 e. The Kier molecular flexibility index (Phi) is 3.35. The van der Waals surface area contributed by atoms with E-state index >= 15 is 0 Å². The van der Waals surface area contributed by atoms with Crippen molar-refractivity contribution >= 4 is 10.9 Å². The Hall–Kier alpha value is -1.32. The molecule has 1 aromatic heterocycles. The summed E-state index contributed by atoms with van der Waals surface area (Å²) in [6.45, 7) is 3.35. The van der Waals surface area contributed by atoms with Crippen LogP contribution in [0, 0.1) is 0 Å². The van der Waals surface area contributed by atoms with E-state index in [0.29, 0.717) is 6.04 Å². The van der Waals surface area contributed by atoms with Crippen LogP contribution in [0.3, 0.4) is 0 Å². The second-order valence-corrected chi connectivity index (χ2v) is 5.18. The van der Waals surface area contributed by atoms with Crippen molar-refractivity contribution in [3.8, 4) is 0 Å². The zero-order chi connectivity index (χ0) is 12.4. The largest absolute Gasteiger partial charge is 0.350 e. The van der Waals surface area contributed by atoms with Crippen LogP contribution in [0.4, 0.5) is 0 Å². The number of hydrogen-bond acceptors (Lipinski definition) is 2. The molecule has 0 radical (unpaired) electrons. The average Bonchev–Trinajstić information content (AvgIpc) is 3.00. The SMILES string of the molecule is Cn1cc(CCNC2CCNC2)c2ccccc21. The molecule has 2 aromatic rings. The van der Waals surface area contributed by atoms with Gasteiger partial charge in [-0.1, -0.05) is 18.2 Å². The van der Waals surface area contributed by atoms with Crippen LogP contribution in [0.15, 0.2) is 30.5 Å². The van der Waals surface area contributed by atoms with Gasteiger partial charge in [0, 0.05) is 36.7 Å². The van der Waals surface area contributed by atoms with Crippen molar-refractivity contribution in [1.82, 2.24) is 15.2 Å². The molecule has 3 rings (SSSR count). The minimum absolute atomic E-state index is 0.667. The molecule has 3 nitrogen and oxygen atoms in total. The molecule has 1 aromatic carbocycles. The third kappa shape index (κ3) is 2.28. The lowest BCUT2D eigenvalue weighted by atomic mass is 10.1. The van der Waals surface area contributed by atoms with Crippen LogP contribution in [0.25, 0.3) is 10.9 Å². The van der Waals surface area contributed by atoms with Crippen LogP contribution in [0.1, 0.15) is 12.0 Å². The van der Waals surface area contributed by atoms with Crippen molar-refractivity contribution in [2.24, 2.45) is 7.05 Å². The fourth-order valence-electron chi connectivity index (χ4n) is 2.86. The maximum absolute atomic E-state index is 3.63. The van der Waals surface area contributed by atoms with Crippen LogP contribution in [0.2, 0.25) is 0 Å². The van der Waals surface area contributed by atoms with Crippen LogP contribution in [-0.4, -0.2) is 30.2 Å². The first-order chi connectivity index (χ1) is 8.84. The molecule has 0 amide bonds. The van der Waals surface area contributed by atoms with Gasteiger partial charge in [0.2, 0.25) is 0 Å². The van der Waals surface area contributed by atoms with E-state index in [4.69, 9.17) is 0 Å². The van der Waals surface area contributed by atoms with E-state index in [1.54, 1.807) is 0 Å². The summed E-state index contributed by atoms with van der Waals surface area (Å²) in [5, 5.41) is 8.42. The third-order valence-corrected chi connectivity index (χ3v) is 3.87. The first kappa shape index (κ1) is 11.8. The first-order valence-electron chi connectivity index (χ1n) is 6.81. The quantitative estimate of drug-likeness (QED) is 0.855. The van der Waals surface area contributed by atoms with E-state index in [-0.39, 0.29) is 0 Å². The Morgan fingerprint density at radius 2 is 2.28 bits per heavy atom.